The number of carbonyl (C=O) groups excluding carboxylic acids is 1. The summed E-state index contributed by atoms with van der Waals surface area (Å²) in [5.74, 6) is 0.742. The third-order valence-corrected chi connectivity index (χ3v) is 10.4. The third kappa shape index (κ3) is 3.04. The van der Waals surface area contributed by atoms with E-state index in [9.17, 15) is 11.3 Å². The van der Waals surface area contributed by atoms with Crippen LogP contribution in [0.25, 0.3) is 0 Å². The van der Waals surface area contributed by atoms with Crippen LogP contribution in [0.3, 0.4) is 0 Å². The van der Waals surface area contributed by atoms with Crippen molar-refractivity contribution in [3.63, 3.8) is 0 Å². The van der Waals surface area contributed by atoms with Gasteiger partial charge in [0.05, 0.1) is 19.8 Å². The summed E-state index contributed by atoms with van der Waals surface area (Å²) < 4.78 is 19.5. The van der Waals surface area contributed by atoms with Crippen molar-refractivity contribution < 1.29 is 12.6 Å². The molecule has 0 bridgehead atoms. The summed E-state index contributed by atoms with van der Waals surface area (Å²) in [6.45, 7) is 5.71. The van der Waals surface area contributed by atoms with Gasteiger partial charge in [-0.2, -0.15) is 0 Å². The van der Waals surface area contributed by atoms with Gasteiger partial charge in [-0.3, -0.25) is 4.79 Å². The van der Waals surface area contributed by atoms with Crippen LogP contribution in [-0.2, 0) is 11.3 Å². The number of aromatic nitrogens is 2. The van der Waals surface area contributed by atoms with E-state index >= 15 is 0 Å². The Balaban J connectivity index is 1.40. The van der Waals surface area contributed by atoms with Crippen LogP contribution in [0.2, 0.25) is 0 Å². The molecule has 1 heterocycles. The predicted molar refractivity (Wildman–Crippen MR) is 118 cm³/mol. The van der Waals surface area contributed by atoms with Crippen molar-refractivity contribution >= 4 is 5.78 Å². The molecule has 0 aliphatic heterocycles. The highest BCUT2D eigenvalue weighted by atomic mass is 16.3. The van der Waals surface area contributed by atoms with E-state index in [1.807, 2.05) is 0 Å². The minimum absolute atomic E-state index is 0.260. The summed E-state index contributed by atoms with van der Waals surface area (Å²) in [7, 11) is 0. The van der Waals surface area contributed by atoms with E-state index in [1.165, 1.54) is 23.7 Å². The molecule has 1 unspecified atom stereocenters. The number of ketones is 1. The van der Waals surface area contributed by atoms with Gasteiger partial charge in [0.1, 0.15) is 0 Å². The highest BCUT2D eigenvalue weighted by molar-refractivity contribution is 5.82. The van der Waals surface area contributed by atoms with Crippen LogP contribution in [0, 0.1) is 40.4 Å². The van der Waals surface area contributed by atoms with Crippen LogP contribution in [-0.4, -0.2) is 26.0 Å². The molecular weight excluding hydrogens is 372 g/mol. The highest BCUT2D eigenvalue weighted by Gasteiger charge is 2.61. The Morgan fingerprint density at radius 1 is 1.17 bits per heavy atom. The molecule has 4 nitrogen and oxygen atoms in total. The molecule has 4 heteroatoms. The molecule has 4 saturated carbocycles. The zero-order valence-electron chi connectivity index (χ0n) is 20.9. The van der Waals surface area contributed by atoms with Gasteiger partial charge in [-0.15, -0.1) is 0 Å². The van der Waals surface area contributed by atoms with Crippen LogP contribution in [0.1, 0.15) is 87.7 Å². The normalized spacial score (nSPS) is 52.4. The second-order valence-corrected chi connectivity index (χ2v) is 11.4. The van der Waals surface area contributed by atoms with Gasteiger partial charge >= 0.3 is 0 Å². The number of nitrogens with zero attached hydrogens (tertiary/aromatic N) is 2. The van der Waals surface area contributed by atoms with E-state index in [0.29, 0.717) is 30.1 Å². The molecule has 0 saturated heterocycles. The fourth-order valence-corrected chi connectivity index (χ4v) is 8.42. The summed E-state index contributed by atoms with van der Waals surface area (Å²) in [5.41, 5.74) is -0.558. The molecule has 30 heavy (non-hydrogen) atoms. The molecule has 5 rings (SSSR count). The maximum absolute atomic E-state index is 13.5. The fourth-order valence-electron chi connectivity index (χ4n) is 8.42. The Labute approximate surface area is 184 Å². The van der Waals surface area contributed by atoms with Crippen LogP contribution in [0.4, 0.5) is 0 Å². The average Bonchev–Trinajstić information content (AvgIpc) is 3.41. The minimum Gasteiger partial charge on any atom is -0.390 e. The van der Waals surface area contributed by atoms with Crippen molar-refractivity contribution in [1.29, 1.82) is 0 Å². The molecule has 0 spiro atoms. The fraction of sp³-hybridized carbons (Fsp3) is 0.846. The molecule has 0 aromatic carbocycles. The van der Waals surface area contributed by atoms with Crippen molar-refractivity contribution in [3.05, 3.63) is 18.7 Å². The Morgan fingerprint density at radius 3 is 2.70 bits per heavy atom. The van der Waals surface area contributed by atoms with E-state index in [0.717, 1.165) is 44.9 Å². The van der Waals surface area contributed by atoms with Gasteiger partial charge in [-0.05, 0) is 98.7 Å². The number of aliphatic hydroxyl groups is 1. The monoisotopic (exact) mass is 414 g/mol. The SMILES string of the molecule is [2H]C(C(=O)[C@@]1([2H])CC[C@H]2[C@@H]3CC[C@H]4C[C@@](O)(CC)CC[C@]4(C)[C@H]3CC[C@@]21C)n1ccnc1. The summed E-state index contributed by atoms with van der Waals surface area (Å²) in [6, 6.07) is 0. The van der Waals surface area contributed by atoms with Crippen LogP contribution < -0.4 is 0 Å². The highest BCUT2D eigenvalue weighted by Crippen LogP contribution is 2.68. The third-order valence-electron chi connectivity index (χ3n) is 10.4. The van der Waals surface area contributed by atoms with Gasteiger partial charge < -0.3 is 9.67 Å². The summed E-state index contributed by atoms with van der Waals surface area (Å²) >= 11 is 0. The lowest BCUT2D eigenvalue weighted by Gasteiger charge is -2.62. The van der Waals surface area contributed by atoms with Gasteiger partial charge in [0, 0.05) is 19.7 Å². The second kappa shape index (κ2) is 7.18. The Bertz CT molecular complexity index is 877. The van der Waals surface area contributed by atoms with Crippen LogP contribution in [0.5, 0.6) is 0 Å². The number of rotatable bonds is 4. The molecule has 4 aliphatic carbocycles. The van der Waals surface area contributed by atoms with Crippen molar-refractivity contribution in [2.24, 2.45) is 40.4 Å². The van der Waals surface area contributed by atoms with Crippen molar-refractivity contribution in [2.75, 3.05) is 0 Å². The zero-order valence-corrected chi connectivity index (χ0v) is 18.9. The summed E-state index contributed by atoms with van der Waals surface area (Å²) in [4.78, 5) is 17.5. The second-order valence-electron chi connectivity index (χ2n) is 11.4. The van der Waals surface area contributed by atoms with Crippen molar-refractivity contribution in [3.8, 4) is 0 Å². The molecular formula is C26H40N2O2. The molecule has 9 atom stereocenters. The summed E-state index contributed by atoms with van der Waals surface area (Å²) in [6.07, 6.45) is 14.4. The lowest BCUT2D eigenvalue weighted by atomic mass is 9.43. The lowest BCUT2D eigenvalue weighted by Crippen LogP contribution is -2.56. The smallest absolute Gasteiger partial charge is 0.156 e. The van der Waals surface area contributed by atoms with E-state index in [2.05, 4.69) is 25.8 Å². The van der Waals surface area contributed by atoms with Crippen molar-refractivity contribution in [2.45, 2.75) is 97.1 Å². The van der Waals surface area contributed by atoms with E-state index < -0.39 is 18.0 Å². The van der Waals surface area contributed by atoms with Gasteiger partial charge in [0.2, 0.25) is 0 Å². The topological polar surface area (TPSA) is 55.1 Å². The van der Waals surface area contributed by atoms with Gasteiger partial charge in [0.15, 0.2) is 5.78 Å². The average molecular weight is 415 g/mol. The molecule has 1 N–H and O–H groups in total. The van der Waals surface area contributed by atoms with E-state index in [4.69, 9.17) is 1.37 Å². The quantitative estimate of drug-likeness (QED) is 0.732. The Kier molecular flexibility index (Phi) is 4.41. The lowest BCUT2D eigenvalue weighted by molar-refractivity contribution is -0.154. The first-order valence-corrected chi connectivity index (χ1v) is 12.2. The number of carbonyl (C=O) groups is 1. The molecule has 0 amide bonds. The number of fused-ring (bicyclic) bond motifs is 5. The standard InChI is InChI=1S/C26H40N2O2/c1-4-26(30)12-11-24(2)18(15-26)5-6-19-20-7-8-22(25(20,3)10-9-21(19)24)23(29)16-28-14-13-27-17-28/h13-14,17-22,30H,4-12,15-16H2,1-3H3/t18-,19-,20-,21-,22+,24-,25-,26+/m0/s1/i16D,22D/t16?,18-,19-,20-,21-,22+,24-,25-,26+. The molecule has 0 radical (unpaired) electrons. The summed E-state index contributed by atoms with van der Waals surface area (Å²) in [5, 5.41) is 11.0. The number of Topliss-reactive ketones (excluding diaryl/α,β-unsaturated/α-hetero) is 1. The molecule has 1 aromatic heterocycles. The molecule has 4 fully saturated rings. The van der Waals surface area contributed by atoms with E-state index in [-0.39, 0.29) is 16.6 Å². The first-order chi connectivity index (χ1) is 15.1. The Morgan fingerprint density at radius 2 is 1.97 bits per heavy atom. The zero-order chi connectivity index (χ0) is 22.9. The Hall–Kier alpha value is -1.16. The van der Waals surface area contributed by atoms with Gasteiger partial charge in [0.25, 0.3) is 0 Å². The number of hydrogen-bond donors (Lipinski definition) is 1. The number of hydrogen-bond acceptors (Lipinski definition) is 3. The van der Waals surface area contributed by atoms with Crippen LogP contribution in [0.15, 0.2) is 18.7 Å². The maximum Gasteiger partial charge on any atom is 0.156 e. The van der Waals surface area contributed by atoms with Crippen LogP contribution >= 0.6 is 0 Å². The van der Waals surface area contributed by atoms with E-state index in [1.54, 1.807) is 12.4 Å². The predicted octanol–water partition coefficient (Wildman–Crippen LogP) is 5.25. The number of imidazole rings is 1. The largest absolute Gasteiger partial charge is 0.390 e. The first kappa shape index (κ1) is 18.4. The van der Waals surface area contributed by atoms with Gasteiger partial charge in [-0.25, -0.2) is 4.98 Å². The maximum atomic E-state index is 13.5. The molecule has 166 valence electrons. The van der Waals surface area contributed by atoms with Gasteiger partial charge in [-0.1, -0.05) is 20.8 Å². The minimum atomic E-state index is -1.19. The van der Waals surface area contributed by atoms with Crippen molar-refractivity contribution in [1.82, 2.24) is 9.55 Å². The first-order valence-electron chi connectivity index (χ1n) is 13.3. The molecule has 4 aliphatic rings. The molecule has 1 aromatic rings.